The van der Waals surface area contributed by atoms with Gasteiger partial charge < -0.3 is 15.4 Å². The summed E-state index contributed by atoms with van der Waals surface area (Å²) in [4.78, 5) is 14.3. The maximum absolute atomic E-state index is 12.6. The molecule has 0 aliphatic rings. The van der Waals surface area contributed by atoms with Gasteiger partial charge in [-0.3, -0.25) is 4.79 Å². The molecule has 0 spiro atoms. The van der Waals surface area contributed by atoms with Crippen LogP contribution in [0.25, 0.3) is 0 Å². The Labute approximate surface area is 115 Å². The van der Waals surface area contributed by atoms with E-state index in [0.717, 1.165) is 0 Å². The Morgan fingerprint density at radius 1 is 1.37 bits per heavy atom. The number of hydrogen-bond acceptors (Lipinski definition) is 3. The highest BCUT2D eigenvalue weighted by Crippen LogP contribution is 2.29. The summed E-state index contributed by atoms with van der Waals surface area (Å²) in [5.74, 6) is 0.398. The van der Waals surface area contributed by atoms with E-state index >= 15 is 0 Å². The maximum atomic E-state index is 12.6. The number of nitrogen functional groups attached to an aromatic ring is 1. The second-order valence-electron chi connectivity index (χ2n) is 5.88. The lowest BCUT2D eigenvalue weighted by atomic mass is 9.87. The summed E-state index contributed by atoms with van der Waals surface area (Å²) in [6.45, 7) is 8.34. The van der Waals surface area contributed by atoms with E-state index in [9.17, 15) is 4.79 Å². The summed E-state index contributed by atoms with van der Waals surface area (Å²) in [6, 6.07) is 5.33. The van der Waals surface area contributed by atoms with Crippen LogP contribution in [-0.2, 0) is 0 Å². The van der Waals surface area contributed by atoms with Crippen molar-refractivity contribution in [3.8, 4) is 5.75 Å². The van der Waals surface area contributed by atoms with Gasteiger partial charge in [0.25, 0.3) is 5.91 Å². The van der Waals surface area contributed by atoms with E-state index in [1.165, 1.54) is 0 Å². The topological polar surface area (TPSA) is 55.6 Å². The van der Waals surface area contributed by atoms with Crippen molar-refractivity contribution in [3.63, 3.8) is 0 Å². The lowest BCUT2D eigenvalue weighted by Crippen LogP contribution is -2.43. The van der Waals surface area contributed by atoms with Crippen molar-refractivity contribution in [1.29, 1.82) is 0 Å². The van der Waals surface area contributed by atoms with Crippen LogP contribution in [0.15, 0.2) is 18.2 Å². The van der Waals surface area contributed by atoms with Gasteiger partial charge in [0.05, 0.1) is 7.11 Å². The summed E-state index contributed by atoms with van der Waals surface area (Å²) >= 11 is 0. The second-order valence-corrected chi connectivity index (χ2v) is 5.88. The van der Waals surface area contributed by atoms with Gasteiger partial charge >= 0.3 is 0 Å². The van der Waals surface area contributed by atoms with Crippen molar-refractivity contribution >= 4 is 11.6 Å². The number of benzene rings is 1. The molecule has 0 aromatic heterocycles. The molecule has 1 rings (SSSR count). The Kier molecular flexibility index (Phi) is 4.45. The van der Waals surface area contributed by atoms with Crippen LogP contribution in [-0.4, -0.2) is 31.0 Å². The van der Waals surface area contributed by atoms with Crippen molar-refractivity contribution < 1.29 is 9.53 Å². The number of hydrogen-bond donors (Lipinski definition) is 1. The van der Waals surface area contributed by atoms with Crippen molar-refractivity contribution in [2.75, 3.05) is 19.9 Å². The molecule has 1 amide bonds. The average Bonchev–Trinajstić information content (AvgIpc) is 2.34. The highest BCUT2D eigenvalue weighted by molar-refractivity contribution is 6.01. The third-order valence-corrected chi connectivity index (χ3v) is 3.65. The van der Waals surface area contributed by atoms with Crippen LogP contribution in [0.2, 0.25) is 0 Å². The van der Waals surface area contributed by atoms with E-state index in [0.29, 0.717) is 17.0 Å². The molecule has 1 atom stereocenters. The molecule has 106 valence electrons. The van der Waals surface area contributed by atoms with Crippen LogP contribution >= 0.6 is 0 Å². The van der Waals surface area contributed by atoms with Gasteiger partial charge in [-0.05, 0) is 24.5 Å². The molecule has 1 aromatic carbocycles. The molecule has 0 aliphatic carbocycles. The predicted molar refractivity (Wildman–Crippen MR) is 78.4 cm³/mol. The Balaban J connectivity index is 3.14. The summed E-state index contributed by atoms with van der Waals surface area (Å²) in [6.07, 6.45) is 0. The van der Waals surface area contributed by atoms with Gasteiger partial charge in [0, 0.05) is 18.8 Å². The van der Waals surface area contributed by atoms with Crippen LogP contribution in [0.5, 0.6) is 5.75 Å². The molecular weight excluding hydrogens is 240 g/mol. The Bertz CT molecular complexity index is 464. The molecule has 0 saturated carbocycles. The third kappa shape index (κ3) is 3.19. The van der Waals surface area contributed by atoms with Crippen LogP contribution in [0.3, 0.4) is 0 Å². The molecule has 1 unspecified atom stereocenters. The number of anilines is 1. The normalized spacial score (nSPS) is 12.9. The zero-order chi connectivity index (χ0) is 14.8. The van der Waals surface area contributed by atoms with Gasteiger partial charge in [-0.25, -0.2) is 0 Å². The van der Waals surface area contributed by atoms with Crippen molar-refractivity contribution in [1.82, 2.24) is 4.90 Å². The minimum absolute atomic E-state index is 0.00118. The molecule has 0 fully saturated rings. The fourth-order valence-electron chi connectivity index (χ4n) is 1.88. The Morgan fingerprint density at radius 3 is 2.42 bits per heavy atom. The van der Waals surface area contributed by atoms with Crippen molar-refractivity contribution in [3.05, 3.63) is 23.8 Å². The molecule has 0 bridgehead atoms. The molecule has 0 heterocycles. The van der Waals surface area contributed by atoms with E-state index in [4.69, 9.17) is 10.5 Å². The van der Waals surface area contributed by atoms with Crippen LogP contribution < -0.4 is 10.5 Å². The highest BCUT2D eigenvalue weighted by Gasteiger charge is 2.29. The van der Waals surface area contributed by atoms with E-state index < -0.39 is 0 Å². The van der Waals surface area contributed by atoms with Gasteiger partial charge in [-0.2, -0.15) is 0 Å². The molecule has 19 heavy (non-hydrogen) atoms. The van der Waals surface area contributed by atoms with Gasteiger partial charge in [-0.1, -0.05) is 26.8 Å². The lowest BCUT2D eigenvalue weighted by molar-refractivity contribution is 0.0627. The zero-order valence-electron chi connectivity index (χ0n) is 12.7. The SMILES string of the molecule is COc1cccc(N)c1C(=O)N(C)C(C)C(C)(C)C. The molecule has 0 radical (unpaired) electrons. The minimum Gasteiger partial charge on any atom is -0.496 e. The molecular formula is C15H24N2O2. The number of carbonyl (C=O) groups is 1. The van der Waals surface area contributed by atoms with E-state index in [1.807, 2.05) is 6.92 Å². The first-order valence-corrected chi connectivity index (χ1v) is 6.39. The largest absolute Gasteiger partial charge is 0.496 e. The average molecular weight is 264 g/mol. The van der Waals surface area contributed by atoms with Gasteiger partial charge in [0.15, 0.2) is 0 Å². The monoisotopic (exact) mass is 264 g/mol. The summed E-state index contributed by atoms with van der Waals surface area (Å²) in [5.41, 5.74) is 6.79. The maximum Gasteiger partial charge on any atom is 0.259 e. The first kappa shape index (κ1) is 15.3. The standard InChI is InChI=1S/C15H24N2O2/c1-10(15(2,3)4)17(5)14(18)13-11(16)8-7-9-12(13)19-6/h7-10H,16H2,1-6H3. The van der Waals surface area contributed by atoms with Gasteiger partial charge in [0.1, 0.15) is 11.3 Å². The quantitative estimate of drug-likeness (QED) is 0.854. The van der Waals surface area contributed by atoms with Gasteiger partial charge in [0.2, 0.25) is 0 Å². The number of carbonyl (C=O) groups excluding carboxylic acids is 1. The van der Waals surface area contributed by atoms with Crippen molar-refractivity contribution in [2.24, 2.45) is 5.41 Å². The van der Waals surface area contributed by atoms with E-state index in [1.54, 1.807) is 37.3 Å². The molecule has 4 heteroatoms. The van der Waals surface area contributed by atoms with Crippen LogP contribution in [0.4, 0.5) is 5.69 Å². The van der Waals surface area contributed by atoms with Gasteiger partial charge in [-0.15, -0.1) is 0 Å². The molecule has 1 aromatic rings. The second kappa shape index (κ2) is 5.51. The Hall–Kier alpha value is -1.71. The fraction of sp³-hybridized carbons (Fsp3) is 0.533. The number of methoxy groups -OCH3 is 1. The zero-order valence-corrected chi connectivity index (χ0v) is 12.7. The van der Waals surface area contributed by atoms with Crippen LogP contribution in [0.1, 0.15) is 38.1 Å². The van der Waals surface area contributed by atoms with Crippen LogP contribution in [0, 0.1) is 5.41 Å². The minimum atomic E-state index is -0.114. The molecule has 4 nitrogen and oxygen atoms in total. The summed E-state index contributed by atoms with van der Waals surface area (Å²) in [7, 11) is 3.34. The summed E-state index contributed by atoms with van der Waals surface area (Å²) < 4.78 is 5.24. The fourth-order valence-corrected chi connectivity index (χ4v) is 1.88. The van der Waals surface area contributed by atoms with E-state index in [2.05, 4.69) is 20.8 Å². The first-order chi connectivity index (χ1) is 8.70. The number of nitrogens with zero attached hydrogens (tertiary/aromatic N) is 1. The molecule has 2 N–H and O–H groups in total. The molecule has 0 saturated heterocycles. The predicted octanol–water partition coefficient (Wildman–Crippen LogP) is 2.78. The number of amides is 1. The highest BCUT2D eigenvalue weighted by atomic mass is 16.5. The lowest BCUT2D eigenvalue weighted by Gasteiger charge is -2.35. The number of ether oxygens (including phenoxy) is 1. The first-order valence-electron chi connectivity index (χ1n) is 6.39. The Morgan fingerprint density at radius 2 is 1.95 bits per heavy atom. The third-order valence-electron chi connectivity index (χ3n) is 3.65. The smallest absolute Gasteiger partial charge is 0.259 e. The number of rotatable bonds is 3. The van der Waals surface area contributed by atoms with Crippen molar-refractivity contribution in [2.45, 2.75) is 33.7 Å². The van der Waals surface area contributed by atoms with E-state index in [-0.39, 0.29) is 17.4 Å². The summed E-state index contributed by atoms with van der Waals surface area (Å²) in [5, 5.41) is 0. The number of nitrogens with two attached hydrogens (primary N) is 1. The molecule has 0 aliphatic heterocycles.